The Hall–Kier alpha value is -2.39. The first kappa shape index (κ1) is 21.3. The molecule has 9 heteroatoms. The van der Waals surface area contributed by atoms with Gasteiger partial charge < -0.3 is 14.7 Å². The molecule has 3 rings (SSSR count). The third-order valence-corrected chi connectivity index (χ3v) is 6.84. The SMILES string of the molecule is C[C@@H]1CN(C(=O)OC(C)(C)C)CCCN1S(=O)(=O)c1cccc2c(O)nccc12. The highest BCUT2D eigenvalue weighted by atomic mass is 32.2. The van der Waals surface area contributed by atoms with Gasteiger partial charge in [0.1, 0.15) is 5.60 Å². The molecule has 1 aliphatic heterocycles. The maximum atomic E-state index is 13.5. The molecule has 158 valence electrons. The van der Waals surface area contributed by atoms with Gasteiger partial charge in [0.2, 0.25) is 15.9 Å². The van der Waals surface area contributed by atoms with E-state index in [1.54, 1.807) is 50.8 Å². The molecule has 0 aliphatic carbocycles. The quantitative estimate of drug-likeness (QED) is 0.800. The van der Waals surface area contributed by atoms with Crippen LogP contribution in [0.5, 0.6) is 5.88 Å². The molecule has 0 unspecified atom stereocenters. The highest BCUT2D eigenvalue weighted by Crippen LogP contribution is 2.31. The summed E-state index contributed by atoms with van der Waals surface area (Å²) in [5.41, 5.74) is -0.614. The summed E-state index contributed by atoms with van der Waals surface area (Å²) in [5, 5.41) is 10.8. The van der Waals surface area contributed by atoms with Gasteiger partial charge in [-0.15, -0.1) is 0 Å². The van der Waals surface area contributed by atoms with E-state index in [0.29, 0.717) is 23.7 Å². The lowest BCUT2D eigenvalue weighted by atomic mass is 10.2. The van der Waals surface area contributed by atoms with Crippen molar-refractivity contribution in [2.45, 2.75) is 50.7 Å². The molecule has 1 saturated heterocycles. The van der Waals surface area contributed by atoms with E-state index in [2.05, 4.69) is 4.98 Å². The lowest BCUT2D eigenvalue weighted by Gasteiger charge is -2.30. The van der Waals surface area contributed by atoms with Gasteiger partial charge in [0.05, 0.1) is 4.90 Å². The third-order valence-electron chi connectivity index (χ3n) is 4.77. The fourth-order valence-electron chi connectivity index (χ4n) is 3.50. The van der Waals surface area contributed by atoms with Crippen LogP contribution in [0.4, 0.5) is 4.79 Å². The molecule has 2 heterocycles. The van der Waals surface area contributed by atoms with Crippen molar-refractivity contribution < 1.29 is 23.1 Å². The number of carbonyl (C=O) groups excluding carboxylic acids is 1. The Morgan fingerprint density at radius 2 is 1.93 bits per heavy atom. The van der Waals surface area contributed by atoms with Crippen LogP contribution in [0.2, 0.25) is 0 Å². The minimum absolute atomic E-state index is 0.116. The summed E-state index contributed by atoms with van der Waals surface area (Å²) < 4.78 is 33.8. The van der Waals surface area contributed by atoms with Crippen molar-refractivity contribution >= 4 is 26.9 Å². The Balaban J connectivity index is 1.91. The van der Waals surface area contributed by atoms with Crippen molar-refractivity contribution in [1.29, 1.82) is 0 Å². The number of sulfonamides is 1. The normalized spacial score (nSPS) is 19.2. The Bertz CT molecular complexity index is 1020. The molecular formula is C20H27N3O5S. The van der Waals surface area contributed by atoms with Crippen LogP contribution in [-0.4, -0.2) is 65.1 Å². The summed E-state index contributed by atoms with van der Waals surface area (Å²) in [4.78, 5) is 17.9. The molecule has 1 atom stereocenters. The number of nitrogens with zero attached hydrogens (tertiary/aromatic N) is 3. The van der Waals surface area contributed by atoms with Crippen LogP contribution in [0, 0.1) is 0 Å². The number of ether oxygens (including phenoxy) is 1. The lowest BCUT2D eigenvalue weighted by molar-refractivity contribution is 0.0244. The maximum absolute atomic E-state index is 13.5. The van der Waals surface area contributed by atoms with E-state index < -0.39 is 27.8 Å². The molecule has 2 aromatic rings. The van der Waals surface area contributed by atoms with E-state index in [1.807, 2.05) is 0 Å². The highest BCUT2D eigenvalue weighted by Gasteiger charge is 2.35. The topological polar surface area (TPSA) is 100 Å². The Morgan fingerprint density at radius 1 is 1.21 bits per heavy atom. The van der Waals surface area contributed by atoms with E-state index in [0.717, 1.165) is 0 Å². The van der Waals surface area contributed by atoms with Gasteiger partial charge in [0.25, 0.3) is 0 Å². The predicted octanol–water partition coefficient (Wildman–Crippen LogP) is 2.96. The van der Waals surface area contributed by atoms with Crippen LogP contribution in [0.15, 0.2) is 35.4 Å². The Kier molecular flexibility index (Phi) is 5.73. The summed E-state index contributed by atoms with van der Waals surface area (Å²) in [6, 6.07) is 5.90. The van der Waals surface area contributed by atoms with Crippen molar-refractivity contribution in [2.75, 3.05) is 19.6 Å². The smallest absolute Gasteiger partial charge is 0.410 e. The number of aromatic hydroxyl groups is 1. The van der Waals surface area contributed by atoms with Crippen molar-refractivity contribution in [3.8, 4) is 5.88 Å². The number of benzene rings is 1. The summed E-state index contributed by atoms with van der Waals surface area (Å²) in [6.45, 7) is 8.13. The molecule has 8 nitrogen and oxygen atoms in total. The van der Waals surface area contributed by atoms with Gasteiger partial charge in [0.15, 0.2) is 0 Å². The first-order valence-electron chi connectivity index (χ1n) is 9.57. The zero-order chi connectivity index (χ0) is 21.4. The Morgan fingerprint density at radius 3 is 2.62 bits per heavy atom. The van der Waals surface area contributed by atoms with Gasteiger partial charge in [-0.05, 0) is 52.3 Å². The molecule has 0 saturated carbocycles. The van der Waals surface area contributed by atoms with Gasteiger partial charge in [-0.25, -0.2) is 18.2 Å². The monoisotopic (exact) mass is 421 g/mol. The number of carbonyl (C=O) groups is 1. The Labute approximate surface area is 171 Å². The van der Waals surface area contributed by atoms with Crippen molar-refractivity contribution in [3.05, 3.63) is 30.5 Å². The second-order valence-corrected chi connectivity index (χ2v) is 10.1. The van der Waals surface area contributed by atoms with Crippen LogP contribution in [0.3, 0.4) is 0 Å². The van der Waals surface area contributed by atoms with Crippen LogP contribution in [0.1, 0.15) is 34.1 Å². The second-order valence-electron chi connectivity index (χ2n) is 8.23. The molecule has 0 radical (unpaired) electrons. The van der Waals surface area contributed by atoms with Gasteiger partial charge in [-0.2, -0.15) is 4.31 Å². The number of pyridine rings is 1. The number of hydrogen-bond acceptors (Lipinski definition) is 6. The summed E-state index contributed by atoms with van der Waals surface area (Å²) in [5.74, 6) is -0.209. The number of hydrogen-bond donors (Lipinski definition) is 1. The molecule has 1 aromatic heterocycles. The average Bonchev–Trinajstić information content (AvgIpc) is 2.82. The molecule has 0 spiro atoms. The van der Waals surface area contributed by atoms with Crippen molar-refractivity contribution in [1.82, 2.24) is 14.2 Å². The van der Waals surface area contributed by atoms with Crippen molar-refractivity contribution in [3.63, 3.8) is 0 Å². The largest absolute Gasteiger partial charge is 0.493 e. The summed E-state index contributed by atoms with van der Waals surface area (Å²) in [7, 11) is -3.85. The van der Waals surface area contributed by atoms with E-state index >= 15 is 0 Å². The first-order valence-corrected chi connectivity index (χ1v) is 11.0. The maximum Gasteiger partial charge on any atom is 0.410 e. The molecule has 0 bridgehead atoms. The number of amides is 1. The molecule has 1 N–H and O–H groups in total. The number of fused-ring (bicyclic) bond motifs is 1. The minimum Gasteiger partial charge on any atom is -0.493 e. The van der Waals surface area contributed by atoms with Gasteiger partial charge in [-0.1, -0.05) is 6.07 Å². The van der Waals surface area contributed by atoms with Crippen LogP contribution in [0.25, 0.3) is 10.8 Å². The predicted molar refractivity (Wildman–Crippen MR) is 109 cm³/mol. The molecule has 1 aliphatic rings. The summed E-state index contributed by atoms with van der Waals surface area (Å²) in [6.07, 6.45) is 1.44. The van der Waals surface area contributed by atoms with E-state index in [4.69, 9.17) is 4.74 Å². The molecular weight excluding hydrogens is 394 g/mol. The zero-order valence-corrected chi connectivity index (χ0v) is 17.9. The average molecular weight is 422 g/mol. The highest BCUT2D eigenvalue weighted by molar-refractivity contribution is 7.89. The van der Waals surface area contributed by atoms with Crippen molar-refractivity contribution in [2.24, 2.45) is 0 Å². The van der Waals surface area contributed by atoms with Gasteiger partial charge in [0, 0.05) is 42.6 Å². The van der Waals surface area contributed by atoms with Gasteiger partial charge >= 0.3 is 6.09 Å². The van der Waals surface area contributed by atoms with E-state index in [1.165, 1.54) is 16.6 Å². The first-order chi connectivity index (χ1) is 13.5. The lowest BCUT2D eigenvalue weighted by Crippen LogP contribution is -2.45. The van der Waals surface area contributed by atoms with Crippen LogP contribution < -0.4 is 0 Å². The number of aromatic nitrogens is 1. The molecule has 1 fully saturated rings. The number of rotatable bonds is 2. The van der Waals surface area contributed by atoms with E-state index in [9.17, 15) is 18.3 Å². The van der Waals surface area contributed by atoms with Crippen LogP contribution >= 0.6 is 0 Å². The van der Waals surface area contributed by atoms with E-state index in [-0.39, 0.29) is 23.9 Å². The molecule has 29 heavy (non-hydrogen) atoms. The molecule has 1 aromatic carbocycles. The third kappa shape index (κ3) is 4.45. The standard InChI is InChI=1S/C20H27N3O5S/c1-14-13-22(19(25)28-20(2,3)4)11-6-12-23(14)29(26,27)17-8-5-7-16-15(17)9-10-21-18(16)24/h5,7-10,14H,6,11-13H2,1-4H3,(H,21,24)/t14-/m1/s1. The zero-order valence-electron chi connectivity index (χ0n) is 17.1. The van der Waals surface area contributed by atoms with Crippen LogP contribution in [-0.2, 0) is 14.8 Å². The molecule has 1 amide bonds. The fourth-order valence-corrected chi connectivity index (χ4v) is 5.37. The summed E-state index contributed by atoms with van der Waals surface area (Å²) >= 11 is 0. The second kappa shape index (κ2) is 7.79. The van der Waals surface area contributed by atoms with Gasteiger partial charge in [-0.3, -0.25) is 0 Å². The fraction of sp³-hybridized carbons (Fsp3) is 0.500. The minimum atomic E-state index is -3.85.